The molecule has 0 saturated heterocycles. The number of aromatic nitrogens is 1. The highest BCUT2D eigenvalue weighted by atomic mass is 35.5. The zero-order valence-corrected chi connectivity index (χ0v) is 15.9. The Hall–Kier alpha value is -3.03. The summed E-state index contributed by atoms with van der Waals surface area (Å²) < 4.78 is 0. The number of nitrogens with one attached hydrogen (secondary N) is 1. The average molecular weight is 370 g/mol. The highest BCUT2D eigenvalue weighted by molar-refractivity contribution is 6.30. The van der Waals surface area contributed by atoms with Gasteiger partial charge in [0.25, 0.3) is 0 Å². The minimum atomic E-state index is 0.746. The second kappa shape index (κ2) is 7.69. The third kappa shape index (κ3) is 4.05. The normalized spacial score (nSPS) is 11.8. The van der Waals surface area contributed by atoms with Crippen molar-refractivity contribution in [3.05, 3.63) is 106 Å². The Morgan fingerprint density at radius 2 is 1.52 bits per heavy atom. The summed E-state index contributed by atoms with van der Waals surface area (Å²) in [6, 6.07) is 24.8. The molecular weight excluding hydrogens is 350 g/mol. The molecule has 1 N–H and O–H groups in total. The Morgan fingerprint density at radius 1 is 0.741 bits per heavy atom. The molecule has 0 bridgehead atoms. The number of halogens is 1. The SMILES string of the molecule is Cc1ccc(/C=C/c2[nH]c3ccccc3c2/C=C/c2cccc(Cl)c2)cc1. The lowest BCUT2D eigenvalue weighted by Gasteiger charge is -1.98. The van der Waals surface area contributed by atoms with Crippen LogP contribution in [0.3, 0.4) is 0 Å². The van der Waals surface area contributed by atoms with Crippen LogP contribution in [0.4, 0.5) is 0 Å². The predicted octanol–water partition coefficient (Wildman–Crippen LogP) is 7.47. The quantitative estimate of drug-likeness (QED) is 0.384. The van der Waals surface area contributed by atoms with Crippen LogP contribution >= 0.6 is 11.6 Å². The summed E-state index contributed by atoms with van der Waals surface area (Å²) in [4.78, 5) is 3.53. The van der Waals surface area contributed by atoms with Crippen molar-refractivity contribution in [3.63, 3.8) is 0 Å². The number of para-hydroxylation sites is 1. The van der Waals surface area contributed by atoms with Gasteiger partial charge in [-0.25, -0.2) is 0 Å². The first kappa shape index (κ1) is 17.4. The number of rotatable bonds is 4. The molecule has 0 amide bonds. The van der Waals surface area contributed by atoms with Crippen LogP contribution in [0.25, 0.3) is 35.2 Å². The van der Waals surface area contributed by atoms with E-state index in [1.165, 1.54) is 22.1 Å². The van der Waals surface area contributed by atoms with Crippen LogP contribution in [0.15, 0.2) is 72.8 Å². The molecule has 0 radical (unpaired) electrons. The summed E-state index contributed by atoms with van der Waals surface area (Å²) in [5.74, 6) is 0. The van der Waals surface area contributed by atoms with Gasteiger partial charge >= 0.3 is 0 Å². The molecule has 0 saturated carbocycles. The number of hydrogen-bond donors (Lipinski definition) is 1. The van der Waals surface area contributed by atoms with E-state index in [4.69, 9.17) is 11.6 Å². The third-order valence-electron chi connectivity index (χ3n) is 4.59. The minimum absolute atomic E-state index is 0.746. The molecule has 3 aromatic carbocycles. The van der Waals surface area contributed by atoms with Crippen LogP contribution in [-0.4, -0.2) is 4.98 Å². The Balaban J connectivity index is 1.74. The van der Waals surface area contributed by atoms with E-state index in [9.17, 15) is 0 Å². The Labute approximate surface area is 164 Å². The largest absolute Gasteiger partial charge is 0.355 e. The Morgan fingerprint density at radius 3 is 2.33 bits per heavy atom. The molecule has 4 rings (SSSR count). The summed E-state index contributed by atoms with van der Waals surface area (Å²) in [5.41, 5.74) is 6.93. The lowest BCUT2D eigenvalue weighted by molar-refractivity contribution is 1.42. The number of H-pyrrole nitrogens is 1. The highest BCUT2D eigenvalue weighted by Gasteiger charge is 2.06. The summed E-state index contributed by atoms with van der Waals surface area (Å²) in [6.45, 7) is 2.10. The smallest absolute Gasteiger partial charge is 0.0465 e. The van der Waals surface area contributed by atoms with Crippen molar-refractivity contribution < 1.29 is 0 Å². The minimum Gasteiger partial charge on any atom is -0.355 e. The fourth-order valence-corrected chi connectivity index (χ4v) is 3.34. The van der Waals surface area contributed by atoms with E-state index in [0.29, 0.717) is 0 Å². The fraction of sp³-hybridized carbons (Fsp3) is 0.0400. The Kier molecular flexibility index (Phi) is 4.95. The number of hydrogen-bond acceptors (Lipinski definition) is 0. The summed E-state index contributed by atoms with van der Waals surface area (Å²) >= 11 is 6.11. The van der Waals surface area contributed by atoms with E-state index in [0.717, 1.165) is 21.8 Å². The number of fused-ring (bicyclic) bond motifs is 1. The summed E-state index contributed by atoms with van der Waals surface area (Å²) in [7, 11) is 0. The topological polar surface area (TPSA) is 15.8 Å². The van der Waals surface area contributed by atoms with Crippen LogP contribution in [0.2, 0.25) is 5.02 Å². The summed E-state index contributed by atoms with van der Waals surface area (Å²) in [5, 5.41) is 1.95. The van der Waals surface area contributed by atoms with Crippen molar-refractivity contribution in [2.45, 2.75) is 6.92 Å². The molecule has 2 heteroatoms. The molecule has 0 atom stereocenters. The van der Waals surface area contributed by atoms with Crippen molar-refractivity contribution in [2.75, 3.05) is 0 Å². The van der Waals surface area contributed by atoms with Crippen LogP contribution in [0, 0.1) is 6.92 Å². The first-order chi connectivity index (χ1) is 13.2. The third-order valence-corrected chi connectivity index (χ3v) is 4.82. The maximum absolute atomic E-state index is 6.11. The number of aryl methyl sites for hydroxylation is 1. The molecule has 0 spiro atoms. The monoisotopic (exact) mass is 369 g/mol. The van der Waals surface area contributed by atoms with Gasteiger partial charge in [-0.15, -0.1) is 0 Å². The van der Waals surface area contributed by atoms with Gasteiger partial charge in [0.05, 0.1) is 0 Å². The van der Waals surface area contributed by atoms with Gasteiger partial charge < -0.3 is 4.98 Å². The van der Waals surface area contributed by atoms with Crippen molar-refractivity contribution in [2.24, 2.45) is 0 Å². The molecule has 1 nitrogen and oxygen atoms in total. The van der Waals surface area contributed by atoms with Gasteiger partial charge in [0.15, 0.2) is 0 Å². The molecule has 0 aliphatic heterocycles. The predicted molar refractivity (Wildman–Crippen MR) is 119 cm³/mol. The van der Waals surface area contributed by atoms with E-state index in [1.807, 2.05) is 18.2 Å². The zero-order chi connectivity index (χ0) is 18.6. The van der Waals surface area contributed by atoms with E-state index in [1.54, 1.807) is 0 Å². The van der Waals surface area contributed by atoms with Crippen LogP contribution < -0.4 is 0 Å². The molecular formula is C25H20ClN. The highest BCUT2D eigenvalue weighted by Crippen LogP contribution is 2.26. The zero-order valence-electron chi connectivity index (χ0n) is 15.1. The molecule has 4 aromatic rings. The maximum Gasteiger partial charge on any atom is 0.0465 e. The second-order valence-electron chi connectivity index (χ2n) is 6.63. The fourth-order valence-electron chi connectivity index (χ4n) is 3.14. The van der Waals surface area contributed by atoms with Gasteiger partial charge in [0, 0.05) is 27.2 Å². The van der Waals surface area contributed by atoms with E-state index < -0.39 is 0 Å². The van der Waals surface area contributed by atoms with Gasteiger partial charge in [-0.1, -0.05) is 90.0 Å². The molecule has 0 aliphatic rings. The molecule has 1 heterocycles. The first-order valence-electron chi connectivity index (χ1n) is 8.98. The van der Waals surface area contributed by atoms with Gasteiger partial charge in [0.2, 0.25) is 0 Å². The van der Waals surface area contributed by atoms with E-state index in [-0.39, 0.29) is 0 Å². The molecule has 0 fully saturated rings. The van der Waals surface area contributed by atoms with Crippen molar-refractivity contribution in [3.8, 4) is 0 Å². The molecule has 1 aromatic heterocycles. The van der Waals surface area contributed by atoms with E-state index in [2.05, 4.69) is 90.8 Å². The van der Waals surface area contributed by atoms with Gasteiger partial charge in [-0.3, -0.25) is 0 Å². The molecule has 132 valence electrons. The standard InChI is InChI=1S/C25H20ClN/c1-18-9-11-19(12-10-18)14-16-25-23(22-7-2-3-8-24(22)27-25)15-13-20-5-4-6-21(26)17-20/h2-17,27H,1H3/b15-13+,16-14+. The van der Waals surface area contributed by atoms with Crippen LogP contribution in [-0.2, 0) is 0 Å². The lowest BCUT2D eigenvalue weighted by atomic mass is 10.1. The molecule has 0 unspecified atom stereocenters. The maximum atomic E-state index is 6.11. The first-order valence-corrected chi connectivity index (χ1v) is 9.36. The number of benzene rings is 3. The van der Waals surface area contributed by atoms with Crippen molar-refractivity contribution in [1.29, 1.82) is 0 Å². The number of aromatic amines is 1. The summed E-state index contributed by atoms with van der Waals surface area (Å²) in [6.07, 6.45) is 8.53. The van der Waals surface area contributed by atoms with Gasteiger partial charge in [-0.05, 0) is 42.3 Å². The van der Waals surface area contributed by atoms with Crippen molar-refractivity contribution >= 4 is 46.8 Å². The van der Waals surface area contributed by atoms with Gasteiger partial charge in [0.1, 0.15) is 0 Å². The van der Waals surface area contributed by atoms with Crippen LogP contribution in [0.5, 0.6) is 0 Å². The second-order valence-corrected chi connectivity index (χ2v) is 7.07. The van der Waals surface area contributed by atoms with Crippen LogP contribution in [0.1, 0.15) is 27.9 Å². The van der Waals surface area contributed by atoms with Crippen molar-refractivity contribution in [1.82, 2.24) is 4.98 Å². The van der Waals surface area contributed by atoms with Gasteiger partial charge in [-0.2, -0.15) is 0 Å². The average Bonchev–Trinajstić information content (AvgIpc) is 3.03. The lowest BCUT2D eigenvalue weighted by Crippen LogP contribution is -1.78. The molecule has 27 heavy (non-hydrogen) atoms. The Bertz CT molecular complexity index is 1130. The van der Waals surface area contributed by atoms with E-state index >= 15 is 0 Å². The molecule has 0 aliphatic carbocycles.